The monoisotopic (exact) mass is 194 g/mol. The van der Waals surface area contributed by atoms with Crippen LogP contribution in [0.4, 0.5) is 0 Å². The summed E-state index contributed by atoms with van der Waals surface area (Å²) in [6, 6.07) is 0. The fraction of sp³-hybridized carbons (Fsp3) is 0.583. The lowest BCUT2D eigenvalue weighted by Gasteiger charge is -2.28. The van der Waals surface area contributed by atoms with E-state index in [-0.39, 0.29) is 5.97 Å². The second kappa shape index (κ2) is 4.45. The molecule has 0 heterocycles. The van der Waals surface area contributed by atoms with Gasteiger partial charge in [0.2, 0.25) is 0 Å². The molecule has 2 heteroatoms. The van der Waals surface area contributed by atoms with Crippen molar-refractivity contribution < 1.29 is 9.53 Å². The number of rotatable bonds is 1. The zero-order valence-electron chi connectivity index (χ0n) is 9.17. The second-order valence-corrected chi connectivity index (χ2v) is 4.16. The quantitative estimate of drug-likeness (QED) is 0.474. The predicted molar refractivity (Wildman–Crippen MR) is 56.8 cm³/mol. The molecule has 0 aliphatic heterocycles. The first kappa shape index (κ1) is 11.0. The van der Waals surface area contributed by atoms with Gasteiger partial charge < -0.3 is 4.74 Å². The molecule has 1 fully saturated rings. The van der Waals surface area contributed by atoms with E-state index in [1.165, 1.54) is 7.11 Å². The van der Waals surface area contributed by atoms with E-state index >= 15 is 0 Å². The molecule has 0 spiro atoms. The highest BCUT2D eigenvalue weighted by Crippen LogP contribution is 2.35. The molecule has 0 aromatic heterocycles. The number of methoxy groups -OCH3 is 1. The Hall–Kier alpha value is -1.05. The topological polar surface area (TPSA) is 26.3 Å². The highest BCUT2D eigenvalue weighted by atomic mass is 16.5. The first-order valence-corrected chi connectivity index (χ1v) is 5.02. The second-order valence-electron chi connectivity index (χ2n) is 4.16. The summed E-state index contributed by atoms with van der Waals surface area (Å²) < 4.78 is 4.62. The zero-order valence-corrected chi connectivity index (χ0v) is 9.17. The van der Waals surface area contributed by atoms with Crippen molar-refractivity contribution in [3.8, 4) is 0 Å². The Morgan fingerprint density at radius 3 is 2.79 bits per heavy atom. The van der Waals surface area contributed by atoms with Crippen molar-refractivity contribution in [3.05, 3.63) is 23.8 Å². The Morgan fingerprint density at radius 2 is 2.21 bits per heavy atom. The Labute approximate surface area is 85.6 Å². The number of esters is 1. The maximum atomic E-state index is 11.1. The van der Waals surface area contributed by atoms with Crippen LogP contribution in [0.3, 0.4) is 0 Å². The maximum absolute atomic E-state index is 11.1. The average Bonchev–Trinajstić information content (AvgIpc) is 2.13. The van der Waals surface area contributed by atoms with Gasteiger partial charge in [0, 0.05) is 6.08 Å². The van der Waals surface area contributed by atoms with Crippen molar-refractivity contribution in [2.45, 2.75) is 26.7 Å². The van der Waals surface area contributed by atoms with E-state index < -0.39 is 0 Å². The van der Waals surface area contributed by atoms with Gasteiger partial charge in [0.05, 0.1) is 7.11 Å². The third-order valence-corrected chi connectivity index (χ3v) is 2.82. The van der Waals surface area contributed by atoms with Crippen molar-refractivity contribution in [2.24, 2.45) is 11.8 Å². The van der Waals surface area contributed by atoms with Crippen molar-refractivity contribution in [1.82, 2.24) is 0 Å². The van der Waals surface area contributed by atoms with Crippen molar-refractivity contribution >= 4 is 5.97 Å². The van der Waals surface area contributed by atoms with Gasteiger partial charge >= 0.3 is 5.97 Å². The SMILES string of the molecule is C=C1/C(=C/C(=O)OC)C[C@@H](C)C[C@@H]1C. The minimum absolute atomic E-state index is 0.276. The number of allylic oxidation sites excluding steroid dienone is 2. The van der Waals surface area contributed by atoms with Gasteiger partial charge in [0.1, 0.15) is 0 Å². The van der Waals surface area contributed by atoms with Gasteiger partial charge in [-0.3, -0.25) is 0 Å². The van der Waals surface area contributed by atoms with Crippen LogP contribution < -0.4 is 0 Å². The summed E-state index contributed by atoms with van der Waals surface area (Å²) in [5.74, 6) is 0.837. The molecule has 1 saturated carbocycles. The lowest BCUT2D eigenvalue weighted by Crippen LogP contribution is -2.16. The third kappa shape index (κ3) is 2.47. The number of ether oxygens (including phenoxy) is 1. The van der Waals surface area contributed by atoms with Crippen LogP contribution in [0.5, 0.6) is 0 Å². The van der Waals surface area contributed by atoms with E-state index in [0.717, 1.165) is 24.0 Å². The van der Waals surface area contributed by atoms with Crippen molar-refractivity contribution in [3.63, 3.8) is 0 Å². The van der Waals surface area contributed by atoms with Gasteiger partial charge in [-0.1, -0.05) is 20.4 Å². The zero-order chi connectivity index (χ0) is 10.7. The fourth-order valence-corrected chi connectivity index (χ4v) is 2.00. The Balaban J connectivity index is 2.81. The minimum Gasteiger partial charge on any atom is -0.466 e. The number of carbonyl (C=O) groups is 1. The molecular weight excluding hydrogens is 176 g/mol. The molecule has 78 valence electrons. The van der Waals surface area contributed by atoms with Gasteiger partial charge in [-0.25, -0.2) is 4.79 Å². The van der Waals surface area contributed by atoms with E-state index in [1.807, 2.05) is 0 Å². The van der Waals surface area contributed by atoms with Crippen LogP contribution in [0.1, 0.15) is 26.7 Å². The fourth-order valence-electron chi connectivity index (χ4n) is 2.00. The molecule has 2 atom stereocenters. The van der Waals surface area contributed by atoms with Crippen LogP contribution in [0.15, 0.2) is 23.8 Å². The highest BCUT2D eigenvalue weighted by Gasteiger charge is 2.22. The first-order valence-electron chi connectivity index (χ1n) is 5.02. The number of carbonyl (C=O) groups excluding carboxylic acids is 1. The summed E-state index contributed by atoms with van der Waals surface area (Å²) in [5, 5.41) is 0. The molecule has 2 nitrogen and oxygen atoms in total. The van der Waals surface area contributed by atoms with Crippen LogP contribution in [-0.2, 0) is 9.53 Å². The molecule has 0 saturated heterocycles. The Kier molecular flexibility index (Phi) is 3.50. The van der Waals surface area contributed by atoms with Crippen LogP contribution in [0.2, 0.25) is 0 Å². The third-order valence-electron chi connectivity index (χ3n) is 2.82. The highest BCUT2D eigenvalue weighted by molar-refractivity contribution is 5.83. The normalized spacial score (nSPS) is 30.5. The van der Waals surface area contributed by atoms with Gasteiger partial charge in [-0.05, 0) is 35.8 Å². The summed E-state index contributed by atoms with van der Waals surface area (Å²) >= 11 is 0. The largest absolute Gasteiger partial charge is 0.466 e. The number of hydrogen-bond donors (Lipinski definition) is 0. The van der Waals surface area contributed by atoms with Crippen LogP contribution in [-0.4, -0.2) is 13.1 Å². The first-order chi connectivity index (χ1) is 6.54. The molecule has 0 radical (unpaired) electrons. The molecule has 1 aliphatic carbocycles. The van der Waals surface area contributed by atoms with Gasteiger partial charge in [0.15, 0.2) is 0 Å². The van der Waals surface area contributed by atoms with Crippen LogP contribution >= 0.6 is 0 Å². The maximum Gasteiger partial charge on any atom is 0.330 e. The lowest BCUT2D eigenvalue weighted by atomic mass is 9.77. The molecule has 0 unspecified atom stereocenters. The van der Waals surface area contributed by atoms with Gasteiger partial charge in [-0.2, -0.15) is 0 Å². The van der Waals surface area contributed by atoms with E-state index in [2.05, 4.69) is 25.2 Å². The summed E-state index contributed by atoms with van der Waals surface area (Å²) in [4.78, 5) is 11.1. The molecule has 0 aromatic carbocycles. The Morgan fingerprint density at radius 1 is 1.57 bits per heavy atom. The predicted octanol–water partition coefficient (Wildman–Crippen LogP) is 2.71. The molecule has 0 aromatic rings. The molecular formula is C12H18O2. The van der Waals surface area contributed by atoms with Crippen LogP contribution in [0, 0.1) is 11.8 Å². The lowest BCUT2D eigenvalue weighted by molar-refractivity contribution is -0.134. The van der Waals surface area contributed by atoms with E-state index in [1.54, 1.807) is 6.08 Å². The standard InChI is InChI=1S/C12H18O2/c1-8-5-9(2)10(3)11(6-8)7-12(13)14-4/h7-9H,3,5-6H2,1-2,4H3/b11-7+/t8-,9-/m0/s1. The molecule has 0 N–H and O–H groups in total. The molecule has 0 amide bonds. The van der Waals surface area contributed by atoms with E-state index in [4.69, 9.17) is 0 Å². The minimum atomic E-state index is -0.276. The summed E-state index contributed by atoms with van der Waals surface area (Å²) in [6.45, 7) is 8.38. The van der Waals surface area contributed by atoms with Gasteiger partial charge in [-0.15, -0.1) is 0 Å². The molecule has 1 rings (SSSR count). The number of hydrogen-bond acceptors (Lipinski definition) is 2. The van der Waals surface area contributed by atoms with Crippen molar-refractivity contribution in [1.29, 1.82) is 0 Å². The van der Waals surface area contributed by atoms with E-state index in [0.29, 0.717) is 11.8 Å². The van der Waals surface area contributed by atoms with Crippen LogP contribution in [0.25, 0.3) is 0 Å². The molecule has 14 heavy (non-hydrogen) atoms. The molecule has 0 bridgehead atoms. The average molecular weight is 194 g/mol. The summed E-state index contributed by atoms with van der Waals surface area (Å²) in [5.41, 5.74) is 2.15. The summed E-state index contributed by atoms with van der Waals surface area (Å²) in [6.07, 6.45) is 3.68. The van der Waals surface area contributed by atoms with Crippen molar-refractivity contribution in [2.75, 3.05) is 7.11 Å². The van der Waals surface area contributed by atoms with E-state index in [9.17, 15) is 4.79 Å². The summed E-state index contributed by atoms with van der Waals surface area (Å²) in [7, 11) is 1.40. The molecule has 1 aliphatic rings. The smallest absolute Gasteiger partial charge is 0.330 e. The Bertz CT molecular complexity index is 276. The van der Waals surface area contributed by atoms with Gasteiger partial charge in [0.25, 0.3) is 0 Å².